The summed E-state index contributed by atoms with van der Waals surface area (Å²) in [6.45, 7) is 8.09. The highest BCUT2D eigenvalue weighted by molar-refractivity contribution is 5.86. The smallest absolute Gasteiger partial charge is 0.239 e. The summed E-state index contributed by atoms with van der Waals surface area (Å²) in [5, 5.41) is 9.15. The molecule has 28 heavy (non-hydrogen) atoms. The summed E-state index contributed by atoms with van der Waals surface area (Å²) in [6.07, 6.45) is 0. The molecule has 0 heterocycles. The monoisotopic (exact) mass is 382 g/mol. The van der Waals surface area contributed by atoms with Crippen LogP contribution in [0.15, 0.2) is 47.5 Å². The van der Waals surface area contributed by atoms with Crippen molar-refractivity contribution in [1.82, 2.24) is 16.0 Å². The number of rotatable bonds is 8. The summed E-state index contributed by atoms with van der Waals surface area (Å²) in [4.78, 5) is 16.7. The van der Waals surface area contributed by atoms with Crippen molar-refractivity contribution in [3.8, 4) is 5.75 Å². The van der Waals surface area contributed by atoms with Gasteiger partial charge < -0.3 is 20.7 Å². The molecular formula is C22H30N4O2. The molecule has 0 saturated carbocycles. The summed E-state index contributed by atoms with van der Waals surface area (Å²) < 4.78 is 5.13. The van der Waals surface area contributed by atoms with Crippen molar-refractivity contribution >= 4 is 11.9 Å². The molecule has 0 saturated heterocycles. The molecule has 0 radical (unpaired) electrons. The molecule has 1 amide bonds. The van der Waals surface area contributed by atoms with Crippen LogP contribution in [0.4, 0.5) is 0 Å². The number of methoxy groups -OCH3 is 1. The van der Waals surface area contributed by atoms with Crippen LogP contribution in [0, 0.1) is 13.8 Å². The van der Waals surface area contributed by atoms with Crippen molar-refractivity contribution in [2.75, 3.05) is 20.2 Å². The lowest BCUT2D eigenvalue weighted by molar-refractivity contribution is -0.120. The minimum absolute atomic E-state index is 0.0899. The number of hydrogen-bond donors (Lipinski definition) is 3. The first kappa shape index (κ1) is 21.3. The fourth-order valence-electron chi connectivity index (χ4n) is 2.70. The zero-order chi connectivity index (χ0) is 20.4. The molecular weight excluding hydrogens is 352 g/mol. The SMILES string of the molecule is CCNC(=NCc1ccc(C)cc1C)NCC(=O)NCc1ccc(OC)cc1. The van der Waals surface area contributed by atoms with E-state index in [-0.39, 0.29) is 12.5 Å². The van der Waals surface area contributed by atoms with E-state index in [0.717, 1.165) is 17.9 Å². The third-order valence-electron chi connectivity index (χ3n) is 4.31. The van der Waals surface area contributed by atoms with E-state index in [0.29, 0.717) is 19.0 Å². The van der Waals surface area contributed by atoms with Gasteiger partial charge in [-0.3, -0.25) is 4.79 Å². The number of aliphatic imine (C=N–C) groups is 1. The fourth-order valence-corrected chi connectivity index (χ4v) is 2.70. The van der Waals surface area contributed by atoms with Crippen LogP contribution in [0.2, 0.25) is 0 Å². The second kappa shape index (κ2) is 11.0. The molecule has 0 fully saturated rings. The van der Waals surface area contributed by atoms with Crippen LogP contribution in [-0.2, 0) is 17.9 Å². The van der Waals surface area contributed by atoms with Gasteiger partial charge >= 0.3 is 0 Å². The number of benzene rings is 2. The van der Waals surface area contributed by atoms with Gasteiger partial charge in [-0.05, 0) is 49.6 Å². The maximum atomic E-state index is 12.1. The number of carbonyl (C=O) groups excluding carboxylic acids is 1. The first-order chi connectivity index (χ1) is 13.5. The number of aryl methyl sites for hydroxylation is 2. The molecule has 0 aromatic heterocycles. The average Bonchev–Trinajstić information content (AvgIpc) is 2.70. The van der Waals surface area contributed by atoms with Gasteiger partial charge in [0.15, 0.2) is 5.96 Å². The highest BCUT2D eigenvalue weighted by Crippen LogP contribution is 2.12. The minimum Gasteiger partial charge on any atom is -0.497 e. The standard InChI is InChI=1S/C22H30N4O2/c1-5-23-22(25-14-19-9-6-16(2)12-17(19)3)26-15-21(27)24-13-18-7-10-20(28-4)11-8-18/h6-12H,5,13-15H2,1-4H3,(H,24,27)(H2,23,25,26). The fraction of sp³-hybridized carbons (Fsp3) is 0.364. The van der Waals surface area contributed by atoms with E-state index in [9.17, 15) is 4.79 Å². The van der Waals surface area contributed by atoms with Gasteiger partial charge in [0.05, 0.1) is 20.2 Å². The van der Waals surface area contributed by atoms with E-state index < -0.39 is 0 Å². The van der Waals surface area contributed by atoms with Crippen molar-refractivity contribution in [3.05, 3.63) is 64.7 Å². The van der Waals surface area contributed by atoms with Crippen LogP contribution in [0.1, 0.15) is 29.2 Å². The molecule has 6 nitrogen and oxygen atoms in total. The quantitative estimate of drug-likeness (QED) is 0.485. The van der Waals surface area contributed by atoms with Gasteiger partial charge in [0, 0.05) is 13.1 Å². The summed E-state index contributed by atoms with van der Waals surface area (Å²) in [5.41, 5.74) is 4.65. The molecule has 0 bridgehead atoms. The molecule has 150 valence electrons. The lowest BCUT2D eigenvalue weighted by Crippen LogP contribution is -2.43. The van der Waals surface area contributed by atoms with E-state index in [1.54, 1.807) is 7.11 Å². The van der Waals surface area contributed by atoms with E-state index >= 15 is 0 Å². The topological polar surface area (TPSA) is 74.8 Å². The Labute approximate surface area is 167 Å². The molecule has 0 spiro atoms. The molecule has 0 atom stereocenters. The number of amides is 1. The van der Waals surface area contributed by atoms with Crippen LogP contribution >= 0.6 is 0 Å². The largest absolute Gasteiger partial charge is 0.497 e. The van der Waals surface area contributed by atoms with Crippen LogP contribution in [-0.4, -0.2) is 32.1 Å². The zero-order valence-corrected chi connectivity index (χ0v) is 17.1. The van der Waals surface area contributed by atoms with Gasteiger partial charge in [0.2, 0.25) is 5.91 Å². The highest BCUT2D eigenvalue weighted by atomic mass is 16.5. The van der Waals surface area contributed by atoms with Crippen molar-refractivity contribution < 1.29 is 9.53 Å². The van der Waals surface area contributed by atoms with Gasteiger partial charge in [-0.2, -0.15) is 0 Å². The predicted molar refractivity (Wildman–Crippen MR) is 114 cm³/mol. The number of nitrogens with one attached hydrogen (secondary N) is 3. The van der Waals surface area contributed by atoms with Crippen molar-refractivity contribution in [2.45, 2.75) is 33.9 Å². The molecule has 0 aliphatic heterocycles. The van der Waals surface area contributed by atoms with Crippen LogP contribution in [0.5, 0.6) is 5.75 Å². The maximum Gasteiger partial charge on any atom is 0.239 e. The van der Waals surface area contributed by atoms with Crippen LogP contribution in [0.25, 0.3) is 0 Å². The zero-order valence-electron chi connectivity index (χ0n) is 17.1. The highest BCUT2D eigenvalue weighted by Gasteiger charge is 2.05. The Morgan fingerprint density at radius 1 is 1.04 bits per heavy atom. The van der Waals surface area contributed by atoms with Crippen molar-refractivity contribution in [1.29, 1.82) is 0 Å². The number of ether oxygens (including phenoxy) is 1. The minimum atomic E-state index is -0.0899. The van der Waals surface area contributed by atoms with E-state index in [4.69, 9.17) is 4.74 Å². The van der Waals surface area contributed by atoms with Crippen LogP contribution in [0.3, 0.4) is 0 Å². The maximum absolute atomic E-state index is 12.1. The molecule has 3 N–H and O–H groups in total. The van der Waals surface area contributed by atoms with Gasteiger partial charge in [-0.15, -0.1) is 0 Å². The summed E-state index contributed by atoms with van der Waals surface area (Å²) >= 11 is 0. The Morgan fingerprint density at radius 2 is 1.79 bits per heavy atom. The van der Waals surface area contributed by atoms with Crippen molar-refractivity contribution in [3.63, 3.8) is 0 Å². The summed E-state index contributed by atoms with van der Waals surface area (Å²) in [6, 6.07) is 14.0. The first-order valence-electron chi connectivity index (χ1n) is 9.49. The second-order valence-electron chi connectivity index (χ2n) is 6.60. The lowest BCUT2D eigenvalue weighted by atomic mass is 10.1. The molecule has 0 aliphatic carbocycles. The summed E-state index contributed by atoms with van der Waals surface area (Å²) in [5.74, 6) is 1.34. The predicted octanol–water partition coefficient (Wildman–Crippen LogP) is 2.68. The molecule has 6 heteroatoms. The normalized spacial score (nSPS) is 11.1. The number of carbonyl (C=O) groups is 1. The molecule has 2 aromatic rings. The number of guanidine groups is 1. The van der Waals surface area contributed by atoms with Gasteiger partial charge in [-0.25, -0.2) is 4.99 Å². The Hall–Kier alpha value is -3.02. The Kier molecular flexibility index (Phi) is 8.34. The van der Waals surface area contributed by atoms with Crippen molar-refractivity contribution in [2.24, 2.45) is 4.99 Å². The summed E-state index contributed by atoms with van der Waals surface area (Å²) in [7, 11) is 1.63. The third kappa shape index (κ3) is 6.95. The van der Waals surface area contributed by atoms with Gasteiger partial charge in [0.25, 0.3) is 0 Å². The molecule has 2 rings (SSSR count). The van der Waals surface area contributed by atoms with E-state index in [1.807, 2.05) is 31.2 Å². The Morgan fingerprint density at radius 3 is 2.43 bits per heavy atom. The molecule has 0 aliphatic rings. The number of nitrogens with zero attached hydrogens (tertiary/aromatic N) is 1. The first-order valence-corrected chi connectivity index (χ1v) is 9.49. The Bertz CT molecular complexity index is 801. The van der Waals surface area contributed by atoms with Gasteiger partial charge in [-0.1, -0.05) is 35.9 Å². The van der Waals surface area contributed by atoms with Crippen LogP contribution < -0.4 is 20.7 Å². The van der Waals surface area contributed by atoms with E-state index in [1.165, 1.54) is 16.7 Å². The second-order valence-corrected chi connectivity index (χ2v) is 6.60. The molecule has 0 unspecified atom stereocenters. The third-order valence-corrected chi connectivity index (χ3v) is 4.31. The number of hydrogen-bond acceptors (Lipinski definition) is 3. The Balaban J connectivity index is 1.84. The lowest BCUT2D eigenvalue weighted by Gasteiger charge is -2.12. The van der Waals surface area contributed by atoms with Gasteiger partial charge in [0.1, 0.15) is 5.75 Å². The van der Waals surface area contributed by atoms with E-state index in [2.05, 4.69) is 53.0 Å². The average molecular weight is 383 g/mol. The molecule has 2 aromatic carbocycles.